The highest BCUT2D eigenvalue weighted by molar-refractivity contribution is 6.35. The van der Waals surface area contributed by atoms with Crippen LogP contribution in [0.15, 0.2) is 35.5 Å². The molecule has 3 rings (SSSR count). The predicted octanol–water partition coefficient (Wildman–Crippen LogP) is 2.97. The molecule has 150 valence electrons. The fraction of sp³-hybridized carbons (Fsp3) is 0.368. The van der Waals surface area contributed by atoms with Gasteiger partial charge in [0.15, 0.2) is 0 Å². The van der Waals surface area contributed by atoms with Crippen LogP contribution >= 0.6 is 23.2 Å². The number of piperidine rings is 1. The molecule has 0 bridgehead atoms. The Morgan fingerprint density at radius 2 is 2.11 bits per heavy atom. The first-order valence-electron chi connectivity index (χ1n) is 9.10. The number of amidine groups is 1. The zero-order valence-corrected chi connectivity index (χ0v) is 17.1. The van der Waals surface area contributed by atoms with E-state index in [4.69, 9.17) is 28.9 Å². The molecule has 1 aliphatic heterocycles. The summed E-state index contributed by atoms with van der Waals surface area (Å²) in [6, 6.07) is 7.14. The number of nitrogens with zero attached hydrogens (tertiary/aromatic N) is 2. The molecule has 2 heterocycles. The molecule has 1 saturated heterocycles. The summed E-state index contributed by atoms with van der Waals surface area (Å²) in [5.74, 6) is 1.32. The molecule has 0 unspecified atom stereocenters. The zero-order chi connectivity index (χ0) is 20.1. The SMILES string of the molecule is CN=C(N[C@@H]1CCCN(C(=O)CNc2cc(Cl)cc(Cl)c2)C1)c1cc[nH]c1N. The standard InChI is InChI=1S/C19H24Cl2N6O/c1-23-19(16-4-5-24-18(16)22)26-14-3-2-6-27(11-14)17(28)10-25-15-8-12(20)7-13(21)9-15/h4-5,7-9,14,24-25H,2-3,6,10-11,22H2,1H3,(H,23,26)/t14-/m1/s1. The van der Waals surface area contributed by atoms with E-state index in [-0.39, 0.29) is 18.5 Å². The molecule has 2 aromatic rings. The van der Waals surface area contributed by atoms with Gasteiger partial charge in [-0.2, -0.15) is 0 Å². The number of nitrogens with two attached hydrogens (primary N) is 1. The van der Waals surface area contributed by atoms with Crippen molar-refractivity contribution in [1.82, 2.24) is 15.2 Å². The van der Waals surface area contributed by atoms with Crippen molar-refractivity contribution in [2.75, 3.05) is 37.7 Å². The molecule has 5 N–H and O–H groups in total. The van der Waals surface area contributed by atoms with Crippen LogP contribution in [0.2, 0.25) is 10.0 Å². The Labute approximate surface area is 174 Å². The Balaban J connectivity index is 1.56. The fourth-order valence-electron chi connectivity index (χ4n) is 3.31. The van der Waals surface area contributed by atoms with E-state index in [0.717, 1.165) is 36.5 Å². The number of H-pyrrole nitrogens is 1. The van der Waals surface area contributed by atoms with Crippen molar-refractivity contribution in [3.63, 3.8) is 0 Å². The number of halogens is 2. The van der Waals surface area contributed by atoms with E-state index in [1.165, 1.54) is 0 Å². The lowest BCUT2D eigenvalue weighted by atomic mass is 10.0. The summed E-state index contributed by atoms with van der Waals surface area (Å²) in [6.45, 7) is 1.53. The molecule has 1 fully saturated rings. The van der Waals surface area contributed by atoms with Crippen LogP contribution in [0.25, 0.3) is 0 Å². The number of nitrogen functional groups attached to an aromatic ring is 1. The van der Waals surface area contributed by atoms with Crippen LogP contribution < -0.4 is 16.4 Å². The molecule has 9 heteroatoms. The second-order valence-corrected chi connectivity index (χ2v) is 7.59. The number of hydrogen-bond acceptors (Lipinski definition) is 4. The number of carbonyl (C=O) groups excluding carboxylic acids is 1. The average Bonchev–Trinajstić information content (AvgIpc) is 3.09. The number of rotatable bonds is 5. The monoisotopic (exact) mass is 422 g/mol. The summed E-state index contributed by atoms with van der Waals surface area (Å²) < 4.78 is 0. The summed E-state index contributed by atoms with van der Waals surface area (Å²) >= 11 is 12.0. The van der Waals surface area contributed by atoms with Gasteiger partial charge >= 0.3 is 0 Å². The van der Waals surface area contributed by atoms with Crippen LogP contribution in [0, 0.1) is 0 Å². The summed E-state index contributed by atoms with van der Waals surface area (Å²) in [4.78, 5) is 21.8. The molecule has 1 aliphatic rings. The first kappa shape index (κ1) is 20.4. The number of carbonyl (C=O) groups is 1. The third-order valence-electron chi connectivity index (χ3n) is 4.68. The van der Waals surface area contributed by atoms with E-state index in [0.29, 0.717) is 22.4 Å². The van der Waals surface area contributed by atoms with Crippen molar-refractivity contribution in [1.29, 1.82) is 0 Å². The molecule has 28 heavy (non-hydrogen) atoms. The number of nitrogens with one attached hydrogen (secondary N) is 3. The van der Waals surface area contributed by atoms with Gasteiger partial charge in [0.1, 0.15) is 11.7 Å². The molecule has 1 atom stereocenters. The lowest BCUT2D eigenvalue weighted by Gasteiger charge is -2.34. The predicted molar refractivity (Wildman–Crippen MR) is 115 cm³/mol. The molecule has 7 nitrogen and oxygen atoms in total. The molecule has 1 aromatic carbocycles. The van der Waals surface area contributed by atoms with Crippen molar-refractivity contribution in [2.24, 2.45) is 4.99 Å². The maximum absolute atomic E-state index is 12.6. The van der Waals surface area contributed by atoms with Crippen LogP contribution in [0.1, 0.15) is 18.4 Å². The molecular weight excluding hydrogens is 399 g/mol. The second kappa shape index (κ2) is 9.21. The number of benzene rings is 1. The van der Waals surface area contributed by atoms with Crippen molar-refractivity contribution >= 4 is 46.4 Å². The summed E-state index contributed by atoms with van der Waals surface area (Å²) in [5, 5.41) is 7.57. The first-order valence-corrected chi connectivity index (χ1v) is 9.86. The minimum absolute atomic E-state index is 0.0266. The summed E-state index contributed by atoms with van der Waals surface area (Å²) in [5.41, 5.74) is 7.51. The maximum Gasteiger partial charge on any atom is 0.241 e. The van der Waals surface area contributed by atoms with Gasteiger partial charge in [0.05, 0.1) is 12.1 Å². The van der Waals surface area contributed by atoms with Gasteiger partial charge in [0.25, 0.3) is 0 Å². The van der Waals surface area contributed by atoms with Crippen molar-refractivity contribution < 1.29 is 4.79 Å². The van der Waals surface area contributed by atoms with Crippen LogP contribution in [-0.4, -0.2) is 54.4 Å². The highest BCUT2D eigenvalue weighted by Gasteiger charge is 2.24. The Bertz CT molecular complexity index is 846. The van der Waals surface area contributed by atoms with Crippen LogP contribution in [0.5, 0.6) is 0 Å². The van der Waals surface area contributed by atoms with Gasteiger partial charge in [-0.1, -0.05) is 23.2 Å². The largest absolute Gasteiger partial charge is 0.385 e. The molecule has 0 radical (unpaired) electrons. The number of hydrogen-bond donors (Lipinski definition) is 4. The van der Waals surface area contributed by atoms with Gasteiger partial charge < -0.3 is 26.3 Å². The highest BCUT2D eigenvalue weighted by atomic mass is 35.5. The lowest BCUT2D eigenvalue weighted by molar-refractivity contribution is -0.130. The van der Waals surface area contributed by atoms with Crippen molar-refractivity contribution in [3.8, 4) is 0 Å². The lowest BCUT2D eigenvalue weighted by Crippen LogP contribution is -2.51. The number of aliphatic imine (C=N–C) groups is 1. The second-order valence-electron chi connectivity index (χ2n) is 6.71. The van der Waals surface area contributed by atoms with E-state index in [1.807, 2.05) is 11.0 Å². The van der Waals surface area contributed by atoms with Gasteiger partial charge in [-0.25, -0.2) is 0 Å². The van der Waals surface area contributed by atoms with Crippen molar-refractivity contribution in [2.45, 2.75) is 18.9 Å². The molecule has 1 amide bonds. The molecular formula is C19H24Cl2N6O. The van der Waals surface area contributed by atoms with Gasteiger partial charge in [-0.05, 0) is 37.1 Å². The number of likely N-dealkylation sites (tertiary alicyclic amines) is 1. The molecule has 0 saturated carbocycles. The van der Waals surface area contributed by atoms with E-state index in [1.54, 1.807) is 31.4 Å². The Kier molecular flexibility index (Phi) is 6.70. The van der Waals surface area contributed by atoms with E-state index in [9.17, 15) is 4.79 Å². The minimum Gasteiger partial charge on any atom is -0.385 e. The molecule has 0 aliphatic carbocycles. The molecule has 0 spiro atoms. The van der Waals surface area contributed by atoms with Gasteiger partial charge in [0.2, 0.25) is 5.91 Å². The van der Waals surface area contributed by atoms with Gasteiger partial charge in [-0.3, -0.25) is 9.79 Å². The van der Waals surface area contributed by atoms with E-state index in [2.05, 4.69) is 20.6 Å². The number of aromatic nitrogens is 1. The Morgan fingerprint density at radius 3 is 2.75 bits per heavy atom. The Morgan fingerprint density at radius 1 is 1.36 bits per heavy atom. The van der Waals surface area contributed by atoms with E-state index < -0.39 is 0 Å². The van der Waals surface area contributed by atoms with Gasteiger partial charge in [-0.15, -0.1) is 0 Å². The van der Waals surface area contributed by atoms with Crippen LogP contribution in [-0.2, 0) is 4.79 Å². The number of aromatic amines is 1. The zero-order valence-electron chi connectivity index (χ0n) is 15.6. The summed E-state index contributed by atoms with van der Waals surface area (Å²) in [7, 11) is 1.72. The van der Waals surface area contributed by atoms with Crippen LogP contribution in [0.3, 0.4) is 0 Å². The smallest absolute Gasteiger partial charge is 0.241 e. The minimum atomic E-state index is 0.0266. The van der Waals surface area contributed by atoms with E-state index >= 15 is 0 Å². The number of amides is 1. The molecule has 1 aromatic heterocycles. The topological polar surface area (TPSA) is 98.5 Å². The maximum atomic E-state index is 12.6. The summed E-state index contributed by atoms with van der Waals surface area (Å²) in [6.07, 6.45) is 3.67. The van der Waals surface area contributed by atoms with Gasteiger partial charge in [0, 0.05) is 48.1 Å². The Hall–Kier alpha value is -2.38. The third kappa shape index (κ3) is 5.11. The fourth-order valence-corrected chi connectivity index (χ4v) is 3.84. The van der Waals surface area contributed by atoms with Crippen LogP contribution in [0.4, 0.5) is 11.5 Å². The highest BCUT2D eigenvalue weighted by Crippen LogP contribution is 2.22. The normalized spacial score (nSPS) is 17.5. The quantitative estimate of drug-likeness (QED) is 0.439. The number of anilines is 2. The third-order valence-corrected chi connectivity index (χ3v) is 5.12. The average molecular weight is 423 g/mol. The van der Waals surface area contributed by atoms with Crippen molar-refractivity contribution in [3.05, 3.63) is 46.1 Å². The first-order chi connectivity index (χ1) is 13.5.